The summed E-state index contributed by atoms with van der Waals surface area (Å²) in [4.78, 5) is 16.7. The van der Waals surface area contributed by atoms with Gasteiger partial charge in [0.15, 0.2) is 5.71 Å². The zero-order valence-corrected chi connectivity index (χ0v) is 11.6. The van der Waals surface area contributed by atoms with E-state index in [1.54, 1.807) is 45.0 Å². The number of halogens is 1. The topological polar surface area (TPSA) is 47.9 Å². The molecule has 0 unspecified atom stereocenters. The van der Waals surface area contributed by atoms with Gasteiger partial charge in [0, 0.05) is 5.56 Å². The van der Waals surface area contributed by atoms with Crippen LogP contribution in [-0.4, -0.2) is 24.4 Å². The largest absolute Gasteiger partial charge is 0.455 e. The van der Waals surface area contributed by atoms with Crippen molar-refractivity contribution in [2.24, 2.45) is 5.16 Å². The first-order valence-electron chi connectivity index (χ1n) is 5.44. The van der Waals surface area contributed by atoms with Gasteiger partial charge in [-0.3, -0.25) is 0 Å². The highest BCUT2D eigenvalue weighted by molar-refractivity contribution is 6.47. The Labute approximate surface area is 112 Å². The minimum absolute atomic E-state index is 0.0537. The van der Waals surface area contributed by atoms with Crippen LogP contribution < -0.4 is 0 Å². The van der Waals surface area contributed by atoms with Gasteiger partial charge in [-0.15, -0.1) is 0 Å². The van der Waals surface area contributed by atoms with E-state index in [1.807, 2.05) is 0 Å². The van der Waals surface area contributed by atoms with Gasteiger partial charge in [-0.25, -0.2) is 4.79 Å². The first-order chi connectivity index (χ1) is 8.35. The summed E-state index contributed by atoms with van der Waals surface area (Å²) in [5.41, 5.74) is -0.0689. The summed E-state index contributed by atoms with van der Waals surface area (Å²) in [5.74, 6) is -0.572. The molecule has 1 aromatic carbocycles. The van der Waals surface area contributed by atoms with Crippen molar-refractivity contribution < 1.29 is 14.4 Å². The molecule has 1 aromatic rings. The summed E-state index contributed by atoms with van der Waals surface area (Å²) in [6, 6.07) is 6.89. The number of nitrogens with zero attached hydrogens (tertiary/aromatic N) is 1. The first-order valence-corrected chi connectivity index (χ1v) is 5.82. The van der Waals surface area contributed by atoms with E-state index < -0.39 is 11.6 Å². The molecule has 4 nitrogen and oxygen atoms in total. The van der Waals surface area contributed by atoms with Gasteiger partial charge in [0.2, 0.25) is 0 Å². The second-order valence-electron chi connectivity index (χ2n) is 4.60. The normalized spacial score (nSPS) is 12.2. The maximum atomic E-state index is 12.0. The van der Waals surface area contributed by atoms with E-state index in [-0.39, 0.29) is 5.71 Å². The van der Waals surface area contributed by atoms with E-state index in [2.05, 4.69) is 9.99 Å². The van der Waals surface area contributed by atoms with Crippen LogP contribution in [0.4, 0.5) is 0 Å². The molecule has 0 aromatic heterocycles. The number of esters is 1. The highest BCUT2D eigenvalue weighted by Gasteiger charge is 2.24. The van der Waals surface area contributed by atoms with Crippen LogP contribution in [0.2, 0.25) is 5.02 Å². The Morgan fingerprint density at radius 2 is 1.89 bits per heavy atom. The van der Waals surface area contributed by atoms with Gasteiger partial charge in [0.1, 0.15) is 12.7 Å². The van der Waals surface area contributed by atoms with Crippen molar-refractivity contribution in [1.82, 2.24) is 0 Å². The Bertz CT molecular complexity index is 464. The molecule has 0 amide bonds. The average molecular weight is 270 g/mol. The molecule has 18 heavy (non-hydrogen) atoms. The number of carbonyl (C=O) groups is 1. The Morgan fingerprint density at radius 3 is 2.39 bits per heavy atom. The second-order valence-corrected chi connectivity index (χ2v) is 5.01. The highest BCUT2D eigenvalue weighted by Crippen LogP contribution is 2.18. The molecule has 0 saturated carbocycles. The van der Waals surface area contributed by atoms with E-state index >= 15 is 0 Å². The van der Waals surface area contributed by atoms with Crippen LogP contribution in [0.15, 0.2) is 29.4 Å². The molecule has 0 heterocycles. The number of hydrogen-bond donors (Lipinski definition) is 0. The molecule has 0 bridgehead atoms. The van der Waals surface area contributed by atoms with E-state index in [9.17, 15) is 4.79 Å². The molecule has 5 heteroatoms. The standard InChI is InChI=1S/C13H16ClNO3/c1-13(2,3)18-12(16)11(15-17-4)9-7-5-6-8-10(9)14/h5-8H,1-4H3. The van der Waals surface area contributed by atoms with Crippen molar-refractivity contribution in [3.63, 3.8) is 0 Å². The van der Waals surface area contributed by atoms with Crippen molar-refractivity contribution in [3.8, 4) is 0 Å². The summed E-state index contributed by atoms with van der Waals surface area (Å²) >= 11 is 6.03. The fraction of sp³-hybridized carbons (Fsp3) is 0.385. The molecule has 0 saturated heterocycles. The highest BCUT2D eigenvalue weighted by atomic mass is 35.5. The third kappa shape index (κ3) is 4.04. The summed E-state index contributed by atoms with van der Waals surface area (Å²) in [6.45, 7) is 5.34. The fourth-order valence-electron chi connectivity index (χ4n) is 1.27. The summed E-state index contributed by atoms with van der Waals surface area (Å²) < 4.78 is 5.25. The second kappa shape index (κ2) is 5.87. The van der Waals surface area contributed by atoms with Crippen molar-refractivity contribution in [3.05, 3.63) is 34.9 Å². The van der Waals surface area contributed by atoms with Crippen molar-refractivity contribution >= 4 is 23.3 Å². The van der Waals surface area contributed by atoms with E-state index in [4.69, 9.17) is 16.3 Å². The van der Waals surface area contributed by atoms with Gasteiger partial charge < -0.3 is 9.57 Å². The van der Waals surface area contributed by atoms with E-state index in [0.29, 0.717) is 10.6 Å². The van der Waals surface area contributed by atoms with Gasteiger partial charge in [-0.1, -0.05) is 35.0 Å². The lowest BCUT2D eigenvalue weighted by molar-refractivity contribution is -0.146. The Balaban J connectivity index is 3.09. The zero-order chi connectivity index (χ0) is 13.8. The molecule has 0 N–H and O–H groups in total. The number of oxime groups is 1. The molecule has 0 fully saturated rings. The average Bonchev–Trinajstić information content (AvgIpc) is 2.24. The van der Waals surface area contributed by atoms with Gasteiger partial charge in [-0.2, -0.15) is 0 Å². The van der Waals surface area contributed by atoms with Crippen LogP contribution in [0.5, 0.6) is 0 Å². The van der Waals surface area contributed by atoms with Crippen LogP contribution in [0, 0.1) is 0 Å². The maximum absolute atomic E-state index is 12.0. The Hall–Kier alpha value is -1.55. The van der Waals surface area contributed by atoms with Crippen LogP contribution in [-0.2, 0) is 14.4 Å². The predicted octanol–water partition coefficient (Wildman–Crippen LogP) is 3.03. The van der Waals surface area contributed by atoms with Gasteiger partial charge in [0.25, 0.3) is 0 Å². The van der Waals surface area contributed by atoms with Crippen LogP contribution in [0.25, 0.3) is 0 Å². The minimum atomic E-state index is -0.604. The lowest BCUT2D eigenvalue weighted by Crippen LogP contribution is -2.29. The summed E-state index contributed by atoms with van der Waals surface area (Å²) in [7, 11) is 1.36. The fourth-order valence-corrected chi connectivity index (χ4v) is 1.49. The van der Waals surface area contributed by atoms with Crippen LogP contribution in [0.3, 0.4) is 0 Å². The molecule has 0 spiro atoms. The summed E-state index contributed by atoms with van der Waals surface area (Å²) in [6.07, 6.45) is 0. The smallest absolute Gasteiger partial charge is 0.361 e. The van der Waals surface area contributed by atoms with E-state index in [1.165, 1.54) is 7.11 Å². The minimum Gasteiger partial charge on any atom is -0.455 e. The zero-order valence-electron chi connectivity index (χ0n) is 10.9. The van der Waals surface area contributed by atoms with Gasteiger partial charge in [-0.05, 0) is 26.8 Å². The van der Waals surface area contributed by atoms with Crippen molar-refractivity contribution in [1.29, 1.82) is 0 Å². The lowest BCUT2D eigenvalue weighted by atomic mass is 10.1. The Kier molecular flexibility index (Phi) is 4.73. The molecule has 0 aliphatic carbocycles. The number of ether oxygens (including phenoxy) is 1. The number of rotatable bonds is 3. The maximum Gasteiger partial charge on any atom is 0.361 e. The SMILES string of the molecule is CON=C(C(=O)OC(C)(C)C)c1ccccc1Cl. The number of carbonyl (C=O) groups excluding carboxylic acids is 1. The molecule has 1 rings (SSSR count). The Morgan fingerprint density at radius 1 is 1.28 bits per heavy atom. The van der Waals surface area contributed by atoms with E-state index in [0.717, 1.165) is 0 Å². The number of hydrogen-bond acceptors (Lipinski definition) is 4. The van der Waals surface area contributed by atoms with Crippen molar-refractivity contribution in [2.75, 3.05) is 7.11 Å². The molecule has 0 radical (unpaired) electrons. The monoisotopic (exact) mass is 269 g/mol. The summed E-state index contributed by atoms with van der Waals surface area (Å²) in [5, 5.41) is 4.11. The molecule has 0 atom stereocenters. The molecule has 0 aliphatic heterocycles. The van der Waals surface area contributed by atoms with Gasteiger partial charge >= 0.3 is 5.97 Å². The predicted molar refractivity (Wildman–Crippen MR) is 70.8 cm³/mol. The van der Waals surface area contributed by atoms with Gasteiger partial charge in [0.05, 0.1) is 5.02 Å². The molecule has 98 valence electrons. The third-order valence-corrected chi connectivity index (χ3v) is 2.23. The first kappa shape index (κ1) is 14.5. The molecule has 0 aliphatic rings. The molecular weight excluding hydrogens is 254 g/mol. The molecular formula is C13H16ClNO3. The van der Waals surface area contributed by atoms with Crippen LogP contribution in [0.1, 0.15) is 26.3 Å². The van der Waals surface area contributed by atoms with Crippen LogP contribution >= 0.6 is 11.6 Å². The van der Waals surface area contributed by atoms with Crippen molar-refractivity contribution in [2.45, 2.75) is 26.4 Å². The lowest BCUT2D eigenvalue weighted by Gasteiger charge is -2.20. The third-order valence-electron chi connectivity index (χ3n) is 1.90. The quantitative estimate of drug-likeness (QED) is 0.481. The number of benzene rings is 1.